The van der Waals surface area contributed by atoms with Crippen molar-refractivity contribution in [1.82, 2.24) is 9.80 Å². The number of carbonyl (C=O) groups excluding carboxylic acids is 2. The van der Waals surface area contributed by atoms with E-state index >= 15 is 0 Å². The fourth-order valence-electron chi connectivity index (χ4n) is 2.97. The molecule has 1 aromatic rings. The van der Waals surface area contributed by atoms with Crippen molar-refractivity contribution in [3.63, 3.8) is 0 Å². The van der Waals surface area contributed by atoms with Crippen molar-refractivity contribution in [3.05, 3.63) is 23.8 Å². The molecule has 0 bridgehead atoms. The smallest absolute Gasteiger partial charge is 0.231 e. The van der Waals surface area contributed by atoms with Gasteiger partial charge < -0.3 is 19.3 Å². The standard InChI is InChI=1S/C18H24N2O4/c1-18(2,3)17(22)20-8-6-19(7-9-20)16(21)11-13-4-5-14-15(10-13)24-12-23-14/h4-5,10H,6-9,11-12H2,1-3H3. The minimum atomic E-state index is -0.376. The summed E-state index contributed by atoms with van der Waals surface area (Å²) in [5.41, 5.74) is 0.538. The predicted molar refractivity (Wildman–Crippen MR) is 88.9 cm³/mol. The number of amides is 2. The van der Waals surface area contributed by atoms with Crippen LogP contribution in [-0.4, -0.2) is 54.6 Å². The van der Waals surface area contributed by atoms with E-state index in [4.69, 9.17) is 9.47 Å². The largest absolute Gasteiger partial charge is 0.454 e. The first kappa shape index (κ1) is 16.6. The molecule has 6 nitrogen and oxygen atoms in total. The van der Waals surface area contributed by atoms with E-state index in [9.17, 15) is 9.59 Å². The number of rotatable bonds is 2. The van der Waals surface area contributed by atoms with Gasteiger partial charge in [-0.05, 0) is 17.7 Å². The van der Waals surface area contributed by atoms with E-state index in [0.29, 0.717) is 38.3 Å². The van der Waals surface area contributed by atoms with Crippen molar-refractivity contribution in [2.24, 2.45) is 5.41 Å². The molecule has 6 heteroatoms. The number of fused-ring (bicyclic) bond motifs is 1. The molecule has 0 aliphatic carbocycles. The van der Waals surface area contributed by atoms with Crippen molar-refractivity contribution in [2.45, 2.75) is 27.2 Å². The van der Waals surface area contributed by atoms with E-state index in [2.05, 4.69) is 0 Å². The maximum atomic E-state index is 12.5. The highest BCUT2D eigenvalue weighted by Gasteiger charge is 2.30. The fraction of sp³-hybridized carbons (Fsp3) is 0.556. The summed E-state index contributed by atoms with van der Waals surface area (Å²) in [5, 5.41) is 0. The summed E-state index contributed by atoms with van der Waals surface area (Å²) < 4.78 is 10.6. The first-order valence-electron chi connectivity index (χ1n) is 8.30. The van der Waals surface area contributed by atoms with Gasteiger partial charge in [0.25, 0.3) is 0 Å². The molecule has 0 radical (unpaired) electrons. The molecule has 1 aromatic carbocycles. The predicted octanol–water partition coefficient (Wildman–Crippen LogP) is 1.67. The van der Waals surface area contributed by atoms with Crippen molar-refractivity contribution >= 4 is 11.8 Å². The van der Waals surface area contributed by atoms with Gasteiger partial charge in [-0.1, -0.05) is 26.8 Å². The van der Waals surface area contributed by atoms with Crippen molar-refractivity contribution in [2.75, 3.05) is 33.0 Å². The molecule has 2 heterocycles. The molecule has 2 aliphatic rings. The first-order valence-corrected chi connectivity index (χ1v) is 8.30. The summed E-state index contributed by atoms with van der Waals surface area (Å²) in [4.78, 5) is 28.5. The Balaban J connectivity index is 1.55. The lowest BCUT2D eigenvalue weighted by atomic mass is 9.94. The maximum absolute atomic E-state index is 12.5. The van der Waals surface area contributed by atoms with Crippen LogP contribution in [0, 0.1) is 5.41 Å². The summed E-state index contributed by atoms with van der Waals surface area (Å²) >= 11 is 0. The van der Waals surface area contributed by atoms with Crippen LogP contribution in [0.1, 0.15) is 26.3 Å². The average molecular weight is 332 g/mol. The number of piperazine rings is 1. The number of hydrogen-bond acceptors (Lipinski definition) is 4. The van der Waals surface area contributed by atoms with E-state index in [1.807, 2.05) is 48.8 Å². The van der Waals surface area contributed by atoms with E-state index in [1.54, 1.807) is 0 Å². The van der Waals surface area contributed by atoms with Crippen molar-refractivity contribution in [3.8, 4) is 11.5 Å². The minimum Gasteiger partial charge on any atom is -0.454 e. The average Bonchev–Trinajstić information content (AvgIpc) is 3.01. The van der Waals surface area contributed by atoms with E-state index in [0.717, 1.165) is 11.3 Å². The molecule has 24 heavy (non-hydrogen) atoms. The van der Waals surface area contributed by atoms with Gasteiger partial charge in [-0.3, -0.25) is 9.59 Å². The summed E-state index contributed by atoms with van der Waals surface area (Å²) in [7, 11) is 0. The maximum Gasteiger partial charge on any atom is 0.231 e. The van der Waals surface area contributed by atoms with Gasteiger partial charge in [-0.25, -0.2) is 0 Å². The lowest BCUT2D eigenvalue weighted by Gasteiger charge is -2.37. The highest BCUT2D eigenvalue weighted by molar-refractivity contribution is 5.82. The number of nitrogens with zero attached hydrogens (tertiary/aromatic N) is 2. The zero-order valence-electron chi connectivity index (χ0n) is 14.5. The Hall–Kier alpha value is -2.24. The normalized spacial score (nSPS) is 17.1. The van der Waals surface area contributed by atoms with Crippen LogP contribution < -0.4 is 9.47 Å². The molecular weight excluding hydrogens is 308 g/mol. The van der Waals surface area contributed by atoms with E-state index in [1.165, 1.54) is 0 Å². The number of benzene rings is 1. The molecular formula is C18H24N2O4. The zero-order valence-corrected chi connectivity index (χ0v) is 14.5. The third-order valence-corrected chi connectivity index (χ3v) is 4.35. The summed E-state index contributed by atoms with van der Waals surface area (Å²) in [6.07, 6.45) is 0.337. The van der Waals surface area contributed by atoms with Gasteiger partial charge in [0, 0.05) is 31.6 Å². The molecule has 3 rings (SSSR count). The second-order valence-corrected chi connectivity index (χ2v) is 7.29. The van der Waals surface area contributed by atoms with Gasteiger partial charge >= 0.3 is 0 Å². The number of ether oxygens (including phenoxy) is 2. The molecule has 0 spiro atoms. The molecule has 0 N–H and O–H groups in total. The highest BCUT2D eigenvalue weighted by atomic mass is 16.7. The lowest BCUT2D eigenvalue weighted by Crippen LogP contribution is -2.53. The molecule has 2 aliphatic heterocycles. The van der Waals surface area contributed by atoms with Crippen LogP contribution in [0.15, 0.2) is 18.2 Å². The first-order chi connectivity index (χ1) is 11.3. The molecule has 1 fully saturated rings. The third kappa shape index (κ3) is 3.47. The second-order valence-electron chi connectivity index (χ2n) is 7.29. The Kier molecular flexibility index (Phi) is 4.39. The molecule has 0 atom stereocenters. The van der Waals surface area contributed by atoms with E-state index in [-0.39, 0.29) is 24.0 Å². The topological polar surface area (TPSA) is 59.1 Å². The summed E-state index contributed by atoms with van der Waals surface area (Å²) in [6.45, 7) is 8.38. The Morgan fingerprint density at radius 3 is 2.29 bits per heavy atom. The Labute approximate surface area is 142 Å². The summed E-state index contributed by atoms with van der Waals surface area (Å²) in [5.74, 6) is 1.64. The monoisotopic (exact) mass is 332 g/mol. The van der Waals surface area contributed by atoms with E-state index < -0.39 is 0 Å². The molecule has 0 unspecified atom stereocenters. The zero-order chi connectivity index (χ0) is 17.3. The van der Waals surface area contributed by atoms with Crippen LogP contribution in [0.2, 0.25) is 0 Å². The Bertz CT molecular complexity index is 643. The molecule has 1 saturated heterocycles. The van der Waals surface area contributed by atoms with Gasteiger partial charge in [0.2, 0.25) is 18.6 Å². The third-order valence-electron chi connectivity index (χ3n) is 4.35. The molecule has 2 amide bonds. The minimum absolute atomic E-state index is 0.0803. The molecule has 0 saturated carbocycles. The van der Waals surface area contributed by atoms with Crippen molar-refractivity contribution in [1.29, 1.82) is 0 Å². The van der Waals surface area contributed by atoms with Gasteiger partial charge in [0.15, 0.2) is 11.5 Å². The van der Waals surface area contributed by atoms with Gasteiger partial charge in [-0.2, -0.15) is 0 Å². The van der Waals surface area contributed by atoms with Crippen LogP contribution in [0.25, 0.3) is 0 Å². The number of carbonyl (C=O) groups is 2. The summed E-state index contributed by atoms with van der Waals surface area (Å²) in [6, 6.07) is 5.59. The van der Waals surface area contributed by atoms with Crippen molar-refractivity contribution < 1.29 is 19.1 Å². The van der Waals surface area contributed by atoms with Gasteiger partial charge in [0.1, 0.15) is 0 Å². The van der Waals surface area contributed by atoms with Crippen LogP contribution in [-0.2, 0) is 16.0 Å². The Morgan fingerprint density at radius 1 is 1.00 bits per heavy atom. The van der Waals surface area contributed by atoms with Crippen LogP contribution in [0.3, 0.4) is 0 Å². The number of hydrogen-bond donors (Lipinski definition) is 0. The van der Waals surface area contributed by atoms with Crippen LogP contribution >= 0.6 is 0 Å². The Morgan fingerprint density at radius 2 is 1.62 bits per heavy atom. The molecule has 130 valence electrons. The molecule has 0 aromatic heterocycles. The lowest BCUT2D eigenvalue weighted by molar-refractivity contribution is -0.144. The quantitative estimate of drug-likeness (QED) is 0.827. The second kappa shape index (κ2) is 6.34. The van der Waals surface area contributed by atoms with Crippen LogP contribution in [0.4, 0.5) is 0 Å². The highest BCUT2D eigenvalue weighted by Crippen LogP contribution is 2.32. The van der Waals surface area contributed by atoms with Gasteiger partial charge in [0.05, 0.1) is 6.42 Å². The fourth-order valence-corrected chi connectivity index (χ4v) is 2.97. The van der Waals surface area contributed by atoms with Crippen LogP contribution in [0.5, 0.6) is 11.5 Å². The van der Waals surface area contributed by atoms with Gasteiger partial charge in [-0.15, -0.1) is 0 Å². The SMILES string of the molecule is CC(C)(C)C(=O)N1CCN(C(=O)Cc2ccc3c(c2)OCO3)CC1.